The molecule has 0 aliphatic carbocycles. The van der Waals surface area contributed by atoms with E-state index in [4.69, 9.17) is 4.74 Å². The number of benzene rings is 2. The van der Waals surface area contributed by atoms with Gasteiger partial charge >= 0.3 is 29.9 Å². The van der Waals surface area contributed by atoms with Crippen molar-refractivity contribution >= 4 is 5.97 Å². The summed E-state index contributed by atoms with van der Waals surface area (Å²) in [6.45, 7) is -0.271. The van der Waals surface area contributed by atoms with Gasteiger partial charge in [0, 0.05) is 6.54 Å². The highest BCUT2D eigenvalue weighted by Crippen LogP contribution is 2.60. The molecule has 0 saturated carbocycles. The normalized spacial score (nSPS) is 14.9. The van der Waals surface area contributed by atoms with Crippen molar-refractivity contribution in [1.82, 2.24) is 4.90 Å². The fraction of sp³-hybridized carbons (Fsp3) is 0.435. The molecule has 2 aromatic rings. The molecule has 13 heteroatoms. The molecule has 0 aromatic heterocycles. The van der Waals surface area contributed by atoms with Crippen LogP contribution < -0.4 is 4.74 Å². The second-order valence-electron chi connectivity index (χ2n) is 7.65. The number of carbonyl (C=O) groups excluding carboxylic acids is 1. The molecule has 0 bridgehead atoms. The van der Waals surface area contributed by atoms with E-state index in [1.54, 1.807) is 0 Å². The summed E-state index contributed by atoms with van der Waals surface area (Å²) in [7, 11) is 1.85. The maximum absolute atomic E-state index is 15.8. The summed E-state index contributed by atoms with van der Waals surface area (Å²) in [4.78, 5) is 13.3. The Hall–Kier alpha value is -2.96. The van der Waals surface area contributed by atoms with Crippen molar-refractivity contribution in [2.24, 2.45) is 0 Å². The number of nitrogens with zero attached hydrogens (tertiary/aromatic N) is 1. The quantitative estimate of drug-likeness (QED) is 0.276. The zero-order valence-electron chi connectivity index (χ0n) is 19.2. The van der Waals surface area contributed by atoms with Gasteiger partial charge in [-0.3, -0.25) is 4.90 Å². The van der Waals surface area contributed by atoms with Gasteiger partial charge in [-0.1, -0.05) is 49.4 Å². The predicted molar refractivity (Wildman–Crippen MR) is 110 cm³/mol. The summed E-state index contributed by atoms with van der Waals surface area (Å²) in [6, 6.07) is 10.2. The molecular formula is C23H22F9NO3. The second-order valence-corrected chi connectivity index (χ2v) is 7.65. The van der Waals surface area contributed by atoms with Crippen LogP contribution in [0.1, 0.15) is 18.1 Å². The minimum absolute atomic E-state index is 0.128. The Bertz CT molecular complexity index is 1030. The molecule has 2 aromatic carbocycles. The summed E-state index contributed by atoms with van der Waals surface area (Å²) >= 11 is 0. The molecule has 0 saturated heterocycles. The number of likely N-dealkylation sites (N-methyl/N-ethyl adjacent to an activating group) is 1. The van der Waals surface area contributed by atoms with E-state index in [-0.39, 0.29) is 5.56 Å². The average Bonchev–Trinajstić information content (AvgIpc) is 2.83. The topological polar surface area (TPSA) is 38.8 Å². The van der Waals surface area contributed by atoms with E-state index < -0.39 is 54.1 Å². The first kappa shape index (κ1) is 29.3. The number of methoxy groups -OCH3 is 2. The number of rotatable bonds is 10. The monoisotopic (exact) mass is 531 g/mol. The summed E-state index contributed by atoms with van der Waals surface area (Å²) < 4.78 is 137. The summed E-state index contributed by atoms with van der Waals surface area (Å²) in [5.74, 6) is -22.5. The largest absolute Gasteiger partial charge is 0.497 e. The standard InChI is InChI=1S/C23H22F9NO3/c1-4-33(14-15-10-12-17(35-2)13-11-15)19(18(34)36-3,16-8-6-5-7-9-16)20(24,25)21(26,27)22(28,29)23(30,31)32/h5-13H,4,14H2,1-3H3. The molecule has 1 atom stereocenters. The lowest BCUT2D eigenvalue weighted by molar-refractivity contribution is -0.410. The Morgan fingerprint density at radius 2 is 1.31 bits per heavy atom. The molecule has 0 heterocycles. The fourth-order valence-corrected chi connectivity index (χ4v) is 3.79. The molecular weight excluding hydrogens is 509 g/mol. The fourth-order valence-electron chi connectivity index (χ4n) is 3.79. The SMILES string of the molecule is CCN(Cc1ccc(OC)cc1)C(C(=O)OC)(c1ccccc1)C(F)(F)C(F)(F)C(F)(F)C(F)(F)F. The number of hydrogen-bond donors (Lipinski definition) is 0. The zero-order chi connectivity index (χ0) is 27.6. The molecule has 0 N–H and O–H groups in total. The van der Waals surface area contributed by atoms with Crippen molar-refractivity contribution < 1.29 is 53.8 Å². The van der Waals surface area contributed by atoms with E-state index in [1.807, 2.05) is 0 Å². The molecule has 0 radical (unpaired) electrons. The number of ether oxygens (including phenoxy) is 2. The van der Waals surface area contributed by atoms with Gasteiger partial charge in [0.1, 0.15) is 5.75 Å². The number of halogens is 9. The van der Waals surface area contributed by atoms with Gasteiger partial charge in [0.05, 0.1) is 14.2 Å². The summed E-state index contributed by atoms with van der Waals surface area (Å²) in [5, 5.41) is 0. The van der Waals surface area contributed by atoms with Gasteiger partial charge in [-0.25, -0.2) is 4.79 Å². The molecule has 0 spiro atoms. The summed E-state index contributed by atoms with van der Waals surface area (Å²) in [6.07, 6.45) is -7.06. The summed E-state index contributed by atoms with van der Waals surface area (Å²) in [5.41, 5.74) is -4.95. The van der Waals surface area contributed by atoms with Crippen molar-refractivity contribution in [3.63, 3.8) is 0 Å². The minimum atomic E-state index is -7.21. The van der Waals surface area contributed by atoms with Crippen LogP contribution in [-0.4, -0.2) is 55.6 Å². The lowest BCUT2D eigenvalue weighted by Crippen LogP contribution is -2.73. The van der Waals surface area contributed by atoms with E-state index >= 15 is 8.78 Å². The zero-order valence-corrected chi connectivity index (χ0v) is 19.2. The van der Waals surface area contributed by atoms with E-state index in [0.29, 0.717) is 17.8 Å². The van der Waals surface area contributed by atoms with Crippen LogP contribution in [0.4, 0.5) is 39.5 Å². The smallest absolute Gasteiger partial charge is 0.460 e. The van der Waals surface area contributed by atoms with Crippen molar-refractivity contribution in [3.8, 4) is 5.75 Å². The number of alkyl halides is 9. The molecule has 2 rings (SSSR count). The van der Waals surface area contributed by atoms with Crippen LogP contribution in [0.15, 0.2) is 54.6 Å². The Kier molecular flexibility index (Phi) is 8.29. The second kappa shape index (κ2) is 10.2. The van der Waals surface area contributed by atoms with Crippen LogP contribution in [0, 0.1) is 0 Å². The molecule has 4 nitrogen and oxygen atoms in total. The molecule has 1 unspecified atom stereocenters. The Balaban J connectivity index is 2.91. The van der Waals surface area contributed by atoms with Gasteiger partial charge in [0.25, 0.3) is 0 Å². The number of esters is 1. The van der Waals surface area contributed by atoms with Crippen LogP contribution in [0.3, 0.4) is 0 Å². The van der Waals surface area contributed by atoms with Crippen LogP contribution in [-0.2, 0) is 21.6 Å². The Morgan fingerprint density at radius 1 is 0.778 bits per heavy atom. The Morgan fingerprint density at radius 3 is 1.72 bits per heavy atom. The van der Waals surface area contributed by atoms with Crippen LogP contribution in [0.25, 0.3) is 0 Å². The third-order valence-corrected chi connectivity index (χ3v) is 5.66. The van der Waals surface area contributed by atoms with E-state index in [1.165, 1.54) is 37.4 Å². The Labute approximate surface area is 200 Å². The van der Waals surface area contributed by atoms with Crippen LogP contribution >= 0.6 is 0 Å². The third kappa shape index (κ3) is 4.48. The highest BCUT2D eigenvalue weighted by molar-refractivity contribution is 5.84. The molecule has 0 amide bonds. The first-order valence-electron chi connectivity index (χ1n) is 10.3. The lowest BCUT2D eigenvalue weighted by Gasteiger charge is -2.49. The van der Waals surface area contributed by atoms with Crippen molar-refractivity contribution in [2.45, 2.75) is 43.0 Å². The van der Waals surface area contributed by atoms with Crippen LogP contribution in [0.5, 0.6) is 5.75 Å². The maximum Gasteiger partial charge on any atom is 0.460 e. The van der Waals surface area contributed by atoms with Gasteiger partial charge < -0.3 is 9.47 Å². The van der Waals surface area contributed by atoms with Gasteiger partial charge in [-0.2, -0.15) is 39.5 Å². The van der Waals surface area contributed by atoms with E-state index in [2.05, 4.69) is 4.74 Å². The van der Waals surface area contributed by atoms with Gasteiger partial charge in [-0.05, 0) is 29.8 Å². The predicted octanol–water partition coefficient (Wildman–Crippen LogP) is 6.05. The van der Waals surface area contributed by atoms with E-state index in [0.717, 1.165) is 31.2 Å². The van der Waals surface area contributed by atoms with Gasteiger partial charge in [-0.15, -0.1) is 0 Å². The number of carbonyl (C=O) groups is 1. The highest BCUT2D eigenvalue weighted by Gasteiger charge is 2.88. The molecule has 200 valence electrons. The molecule has 0 aliphatic heterocycles. The van der Waals surface area contributed by atoms with Crippen molar-refractivity contribution in [3.05, 3.63) is 65.7 Å². The van der Waals surface area contributed by atoms with Crippen molar-refractivity contribution in [2.75, 3.05) is 20.8 Å². The van der Waals surface area contributed by atoms with Gasteiger partial charge in [0.15, 0.2) is 0 Å². The lowest BCUT2D eigenvalue weighted by atomic mass is 9.76. The maximum atomic E-state index is 15.8. The van der Waals surface area contributed by atoms with E-state index in [9.17, 15) is 35.5 Å². The molecule has 36 heavy (non-hydrogen) atoms. The van der Waals surface area contributed by atoms with Crippen LogP contribution in [0.2, 0.25) is 0 Å². The third-order valence-electron chi connectivity index (χ3n) is 5.66. The first-order chi connectivity index (χ1) is 16.6. The average molecular weight is 531 g/mol. The highest BCUT2D eigenvalue weighted by atomic mass is 19.4. The molecule has 0 aliphatic rings. The van der Waals surface area contributed by atoms with Gasteiger partial charge in [0.2, 0.25) is 5.54 Å². The minimum Gasteiger partial charge on any atom is -0.497 e. The first-order valence-corrected chi connectivity index (χ1v) is 10.3. The molecule has 0 fully saturated rings. The number of hydrogen-bond acceptors (Lipinski definition) is 4. The van der Waals surface area contributed by atoms with Crippen molar-refractivity contribution in [1.29, 1.82) is 0 Å².